The van der Waals surface area contributed by atoms with Crippen LogP contribution in [-0.4, -0.2) is 47.6 Å². The Bertz CT molecular complexity index is 440. The highest BCUT2D eigenvalue weighted by molar-refractivity contribution is 6.30. The average molecular weight is 290 g/mol. The van der Waals surface area contributed by atoms with Crippen molar-refractivity contribution >= 4 is 17.6 Å². The van der Waals surface area contributed by atoms with Gasteiger partial charge in [0, 0.05) is 17.1 Å². The number of hydrogen-bond acceptors (Lipinski definition) is 5. The van der Waals surface area contributed by atoms with Gasteiger partial charge in [0.2, 0.25) is 0 Å². The van der Waals surface area contributed by atoms with Crippen molar-refractivity contribution in [1.29, 1.82) is 0 Å². The van der Waals surface area contributed by atoms with Gasteiger partial charge in [0.25, 0.3) is 0 Å². The van der Waals surface area contributed by atoms with Gasteiger partial charge in [-0.05, 0) is 19.2 Å². The number of aliphatic hydroxyl groups is 2. The van der Waals surface area contributed by atoms with Crippen molar-refractivity contribution in [3.05, 3.63) is 28.8 Å². The quantitative estimate of drug-likeness (QED) is 0.580. The van der Waals surface area contributed by atoms with Crippen LogP contribution in [0.25, 0.3) is 0 Å². The van der Waals surface area contributed by atoms with Crippen molar-refractivity contribution in [1.82, 2.24) is 5.32 Å². The maximum atomic E-state index is 10.5. The van der Waals surface area contributed by atoms with Crippen molar-refractivity contribution in [3.63, 3.8) is 0 Å². The van der Waals surface area contributed by atoms with E-state index in [2.05, 4.69) is 5.32 Å². The number of rotatable bonds is 7. The summed E-state index contributed by atoms with van der Waals surface area (Å²) in [7, 11) is 1.64. The maximum Gasteiger partial charge on any atom is 0.341 e. The van der Waals surface area contributed by atoms with Crippen LogP contribution < -0.4 is 10.1 Å². The standard InChI is InChI=1S/C12H16ClNO5/c1-14-5-9(15)12(18)8-3-2-7(13)4-10(8)19-6-11(16)17/h2-4,9,12,14-15,18H,5-6H2,1H3,(H,16,17). The first-order valence-electron chi connectivity index (χ1n) is 5.60. The Kier molecular flexibility index (Phi) is 6.04. The van der Waals surface area contributed by atoms with Crippen LogP contribution in [0.5, 0.6) is 5.75 Å². The van der Waals surface area contributed by atoms with Gasteiger partial charge in [-0.3, -0.25) is 0 Å². The molecule has 0 aliphatic rings. The number of halogens is 1. The fourth-order valence-corrected chi connectivity index (χ4v) is 1.71. The molecule has 4 N–H and O–H groups in total. The van der Waals surface area contributed by atoms with Crippen LogP contribution in [0.1, 0.15) is 11.7 Å². The maximum absolute atomic E-state index is 10.5. The number of benzene rings is 1. The first-order chi connectivity index (χ1) is 8.95. The number of ether oxygens (including phenoxy) is 1. The van der Waals surface area contributed by atoms with E-state index in [1.54, 1.807) is 7.05 Å². The largest absolute Gasteiger partial charge is 0.481 e. The second kappa shape index (κ2) is 7.30. The number of carboxylic acids is 1. The molecule has 19 heavy (non-hydrogen) atoms. The summed E-state index contributed by atoms with van der Waals surface area (Å²) in [5.41, 5.74) is 0.286. The highest BCUT2D eigenvalue weighted by Gasteiger charge is 2.22. The van der Waals surface area contributed by atoms with E-state index in [0.29, 0.717) is 5.02 Å². The van der Waals surface area contributed by atoms with Gasteiger partial charge in [-0.1, -0.05) is 17.7 Å². The van der Waals surface area contributed by atoms with E-state index in [9.17, 15) is 15.0 Å². The molecule has 1 aromatic rings. The van der Waals surface area contributed by atoms with Gasteiger partial charge in [0.1, 0.15) is 11.9 Å². The van der Waals surface area contributed by atoms with Crippen molar-refractivity contribution in [2.24, 2.45) is 0 Å². The van der Waals surface area contributed by atoms with Crippen LogP contribution in [0, 0.1) is 0 Å². The highest BCUT2D eigenvalue weighted by Crippen LogP contribution is 2.30. The van der Waals surface area contributed by atoms with Crippen LogP contribution in [0.3, 0.4) is 0 Å². The number of nitrogens with one attached hydrogen (secondary N) is 1. The third-order valence-corrected chi connectivity index (χ3v) is 2.66. The predicted octanol–water partition coefficient (Wildman–Crippen LogP) is 0.417. The monoisotopic (exact) mass is 289 g/mol. The predicted molar refractivity (Wildman–Crippen MR) is 69.5 cm³/mol. The number of hydrogen-bond donors (Lipinski definition) is 4. The number of carboxylic acid groups (broad SMARTS) is 1. The molecule has 6 nitrogen and oxygen atoms in total. The topological polar surface area (TPSA) is 99.0 Å². The van der Waals surface area contributed by atoms with E-state index in [-0.39, 0.29) is 17.9 Å². The van der Waals surface area contributed by atoms with E-state index in [4.69, 9.17) is 21.4 Å². The van der Waals surface area contributed by atoms with Crippen LogP contribution in [0.2, 0.25) is 5.02 Å². The Morgan fingerprint density at radius 3 is 2.74 bits per heavy atom. The van der Waals surface area contributed by atoms with E-state index >= 15 is 0 Å². The van der Waals surface area contributed by atoms with Crippen LogP contribution >= 0.6 is 11.6 Å². The average Bonchev–Trinajstić information content (AvgIpc) is 2.36. The molecule has 0 fully saturated rings. The molecule has 0 bridgehead atoms. The van der Waals surface area contributed by atoms with Crippen LogP contribution in [0.15, 0.2) is 18.2 Å². The van der Waals surface area contributed by atoms with Crippen molar-refractivity contribution in [3.8, 4) is 5.75 Å². The van der Waals surface area contributed by atoms with E-state index < -0.39 is 24.8 Å². The normalized spacial score (nSPS) is 13.9. The van der Waals surface area contributed by atoms with E-state index in [1.807, 2.05) is 0 Å². The summed E-state index contributed by atoms with van der Waals surface area (Å²) in [4.78, 5) is 10.5. The number of aliphatic carboxylic acids is 1. The van der Waals surface area contributed by atoms with Gasteiger partial charge in [0.05, 0.1) is 6.10 Å². The minimum absolute atomic E-state index is 0.137. The molecule has 1 aromatic carbocycles. The molecule has 1 rings (SSSR count). The number of likely N-dealkylation sites (N-methyl/N-ethyl adjacent to an activating group) is 1. The molecule has 0 aromatic heterocycles. The molecule has 7 heteroatoms. The number of carbonyl (C=O) groups is 1. The highest BCUT2D eigenvalue weighted by atomic mass is 35.5. The van der Waals surface area contributed by atoms with Gasteiger partial charge in [0.15, 0.2) is 6.61 Å². The summed E-state index contributed by atoms with van der Waals surface area (Å²) >= 11 is 5.79. The summed E-state index contributed by atoms with van der Waals surface area (Å²) < 4.78 is 5.05. The van der Waals surface area contributed by atoms with Crippen molar-refractivity contribution < 1.29 is 24.9 Å². The Morgan fingerprint density at radius 1 is 1.47 bits per heavy atom. The molecule has 0 radical (unpaired) electrons. The lowest BCUT2D eigenvalue weighted by Gasteiger charge is -2.20. The molecule has 0 saturated carbocycles. The van der Waals surface area contributed by atoms with Gasteiger partial charge in [-0.25, -0.2) is 4.79 Å². The third-order valence-electron chi connectivity index (χ3n) is 2.42. The Morgan fingerprint density at radius 2 is 2.16 bits per heavy atom. The molecule has 106 valence electrons. The molecule has 0 saturated heterocycles. The molecule has 2 unspecified atom stereocenters. The van der Waals surface area contributed by atoms with Crippen LogP contribution in [-0.2, 0) is 4.79 Å². The molecule has 0 heterocycles. The summed E-state index contributed by atoms with van der Waals surface area (Å²) in [6.07, 6.45) is -2.24. The summed E-state index contributed by atoms with van der Waals surface area (Å²) in [5.74, 6) is -1.01. The molecule has 0 amide bonds. The molecule has 0 spiro atoms. The van der Waals surface area contributed by atoms with E-state index in [0.717, 1.165) is 0 Å². The first kappa shape index (κ1) is 15.7. The van der Waals surface area contributed by atoms with Crippen molar-refractivity contribution in [2.75, 3.05) is 20.2 Å². The fraction of sp³-hybridized carbons (Fsp3) is 0.417. The molecular formula is C12H16ClNO5. The Hall–Kier alpha value is -1.34. The lowest BCUT2D eigenvalue weighted by molar-refractivity contribution is -0.139. The zero-order valence-electron chi connectivity index (χ0n) is 10.3. The van der Waals surface area contributed by atoms with Crippen molar-refractivity contribution in [2.45, 2.75) is 12.2 Å². The summed E-state index contributed by atoms with van der Waals surface area (Å²) in [5, 5.41) is 31.4. The lowest BCUT2D eigenvalue weighted by atomic mass is 10.0. The molecule has 0 aliphatic heterocycles. The molecule has 2 atom stereocenters. The third kappa shape index (κ3) is 4.68. The fourth-order valence-electron chi connectivity index (χ4n) is 1.55. The summed E-state index contributed by atoms with van der Waals surface area (Å²) in [6, 6.07) is 4.41. The Labute approximate surface area is 115 Å². The molecule has 0 aliphatic carbocycles. The Balaban J connectivity index is 2.94. The smallest absolute Gasteiger partial charge is 0.341 e. The SMILES string of the molecule is CNCC(O)C(O)c1ccc(Cl)cc1OCC(=O)O. The zero-order valence-corrected chi connectivity index (χ0v) is 11.1. The lowest BCUT2D eigenvalue weighted by Crippen LogP contribution is -2.30. The second-order valence-electron chi connectivity index (χ2n) is 3.93. The minimum Gasteiger partial charge on any atom is -0.481 e. The minimum atomic E-state index is -1.20. The zero-order chi connectivity index (χ0) is 14.4. The van der Waals surface area contributed by atoms with Gasteiger partial charge < -0.3 is 25.4 Å². The first-order valence-corrected chi connectivity index (χ1v) is 5.98. The van der Waals surface area contributed by atoms with Gasteiger partial charge >= 0.3 is 5.97 Å². The van der Waals surface area contributed by atoms with Gasteiger partial charge in [-0.15, -0.1) is 0 Å². The number of aliphatic hydroxyl groups excluding tert-OH is 2. The van der Waals surface area contributed by atoms with Crippen LogP contribution in [0.4, 0.5) is 0 Å². The second-order valence-corrected chi connectivity index (χ2v) is 4.37. The molecular weight excluding hydrogens is 274 g/mol. The van der Waals surface area contributed by atoms with Gasteiger partial charge in [-0.2, -0.15) is 0 Å². The summed E-state index contributed by atoms with van der Waals surface area (Å²) in [6.45, 7) is -0.371. The van der Waals surface area contributed by atoms with E-state index in [1.165, 1.54) is 18.2 Å².